The second-order valence-electron chi connectivity index (χ2n) is 17.4. The Kier molecular flexibility index (Phi) is 21.4. The van der Waals surface area contributed by atoms with Gasteiger partial charge in [0.15, 0.2) is 32.9 Å². The lowest BCUT2D eigenvalue weighted by Crippen LogP contribution is -2.41. The number of carboxylic acid groups (broad SMARTS) is 2. The average molecular weight is 1220 g/mol. The lowest BCUT2D eigenvalue weighted by Gasteiger charge is -2.33. The summed E-state index contributed by atoms with van der Waals surface area (Å²) in [6.07, 6.45) is 6.50. The van der Waals surface area contributed by atoms with E-state index in [2.05, 4.69) is 84.2 Å². The van der Waals surface area contributed by atoms with E-state index < -0.39 is 38.0 Å². The van der Waals surface area contributed by atoms with Crippen molar-refractivity contribution in [2.45, 2.75) is 31.8 Å². The van der Waals surface area contributed by atoms with Crippen LogP contribution in [0.15, 0.2) is 49.4 Å². The summed E-state index contributed by atoms with van der Waals surface area (Å²) in [5.74, 6) is -1.78. The number of aliphatic carboxylic acids is 2. The Morgan fingerprint density at radius 1 is 0.861 bits per heavy atom. The minimum Gasteiger partial charge on any atom is -0.481 e. The second-order valence-corrected chi connectivity index (χ2v) is 25.3. The number of halogens is 2. The van der Waals surface area contributed by atoms with E-state index in [1.54, 1.807) is 29.3 Å². The van der Waals surface area contributed by atoms with E-state index >= 15 is 0 Å². The molecule has 29 nitrogen and oxygen atoms in total. The van der Waals surface area contributed by atoms with E-state index in [1.807, 2.05) is 11.9 Å². The number of nitrogen functional groups attached to an aromatic ring is 3. The molecule has 10 heterocycles. The summed E-state index contributed by atoms with van der Waals surface area (Å²) in [7, 11) is -1.03. The number of nitrogens with one attached hydrogen (secondary N) is 6. The predicted molar refractivity (Wildman–Crippen MR) is 309 cm³/mol. The summed E-state index contributed by atoms with van der Waals surface area (Å²) in [4.78, 5) is 79.6. The quantitative estimate of drug-likeness (QED) is 0.0266. The molecule has 4 aliphatic rings. The van der Waals surface area contributed by atoms with Gasteiger partial charge in [-0.25, -0.2) is 58.5 Å². The maximum Gasteiger partial charge on any atom is 0.343 e. The number of carbonyl (C=O) groups is 3. The van der Waals surface area contributed by atoms with Crippen LogP contribution in [0.2, 0.25) is 0 Å². The summed E-state index contributed by atoms with van der Waals surface area (Å²) in [5.41, 5.74) is 21.9. The van der Waals surface area contributed by atoms with Crippen LogP contribution in [-0.2, 0) is 37.0 Å². The number of alkyl halides is 2. The second kappa shape index (κ2) is 27.9. The molecule has 1 unspecified atom stereocenters. The number of carboxylic acids is 2. The molecule has 11 rings (SSSR count). The van der Waals surface area contributed by atoms with E-state index in [9.17, 15) is 24.1 Å². The predicted octanol–water partition coefficient (Wildman–Crippen LogP) is 3.92. The molecule has 424 valence electrons. The molecule has 0 spiro atoms. The van der Waals surface area contributed by atoms with Gasteiger partial charge in [0, 0.05) is 95.4 Å². The normalized spacial score (nSPS) is 17.2. The number of carbonyl (C=O) groups excluding carboxylic acids is 1. The molecule has 14 N–H and O–H groups in total. The third-order valence-corrected chi connectivity index (χ3v) is 20.3. The molecule has 0 saturated carbocycles. The minimum absolute atomic E-state index is 0.0138. The van der Waals surface area contributed by atoms with Crippen molar-refractivity contribution in [2.75, 3.05) is 106 Å². The molecule has 4 fully saturated rings. The minimum atomic E-state index is -2.84. The maximum atomic E-state index is 12.4. The number of aromatic amines is 4. The number of nitrogens with zero attached hydrogens (tertiary/aromatic N) is 13. The smallest absolute Gasteiger partial charge is 0.343 e. The van der Waals surface area contributed by atoms with Gasteiger partial charge in [0.1, 0.15) is 28.2 Å². The van der Waals surface area contributed by atoms with E-state index in [4.69, 9.17) is 86.3 Å². The Morgan fingerprint density at radius 3 is 2.05 bits per heavy atom. The number of hydrogen-bond acceptors (Lipinski definition) is 20. The number of benzene rings is 1. The number of anilines is 4. The highest BCUT2D eigenvalue weighted by atomic mass is 35.5. The van der Waals surface area contributed by atoms with Crippen molar-refractivity contribution in [3.8, 4) is 0 Å². The van der Waals surface area contributed by atoms with Crippen molar-refractivity contribution in [3.05, 3.63) is 70.0 Å². The van der Waals surface area contributed by atoms with E-state index in [0.717, 1.165) is 24.2 Å². The van der Waals surface area contributed by atoms with Crippen molar-refractivity contribution in [2.24, 2.45) is 0 Å². The Balaban J connectivity index is 0.000000160. The van der Waals surface area contributed by atoms with Crippen molar-refractivity contribution < 1.29 is 33.7 Å². The van der Waals surface area contributed by atoms with Gasteiger partial charge in [-0.05, 0) is 48.9 Å². The van der Waals surface area contributed by atoms with E-state index in [-0.39, 0.29) is 36.1 Å². The number of rotatable bonds is 17. The number of imidazole rings is 2. The highest BCUT2D eigenvalue weighted by Crippen LogP contribution is 2.65. The largest absolute Gasteiger partial charge is 0.481 e. The molecule has 7 aromatic rings. The number of amides is 1. The number of H-pyrrole nitrogens is 4. The van der Waals surface area contributed by atoms with Gasteiger partial charge >= 0.3 is 19.6 Å². The van der Waals surface area contributed by atoms with Crippen molar-refractivity contribution in [1.82, 2.24) is 88.9 Å². The van der Waals surface area contributed by atoms with Crippen LogP contribution in [-0.4, -0.2) is 197 Å². The number of hydrogen-bond donors (Lipinski definition) is 11. The highest BCUT2D eigenvalue weighted by Gasteiger charge is 2.50. The van der Waals surface area contributed by atoms with E-state index in [0.29, 0.717) is 81.0 Å². The summed E-state index contributed by atoms with van der Waals surface area (Å²) in [6, 6.07) is 5.16. The standard InChI is InChI=1S/C20H22N8O5.C7H15Cl2N2O2P.C6H12N3PS.C5H5N5S.C5H4N4S/c1-28(9-11-8-23-17-15(24-11)16(21)26-20(22)27-17)12-4-2-10(3-5-12)18(31)25-13(19(32)33)6-7-14(29)30;8-2-5-11(6-3-9)14(12)10-4-1-7-13-14;11-10(7-1-2-7,8-3-4-8)9-5-6-9;6-5-9-3-2(4(11)10-5)7-1-8-3;10-5-3-4(7-1-6-3)8-2-9-5/h2-5,8,13H,6-7,9H2,1H3,(H,25,31)(H,29,30)(H,32,33)(H4,21,22,23,26,27);1-7H2,(H,10,12);1-6H2;1H,(H4,6,7,8,9,10,11);1-2H,(H2,6,7,8,9,10)/t13-;;;;/m0..../s1. The fourth-order valence-electron chi connectivity index (χ4n) is 7.40. The highest BCUT2D eigenvalue weighted by molar-refractivity contribution is 8.11. The van der Waals surface area contributed by atoms with Gasteiger partial charge in [-0.2, -0.15) is 9.97 Å². The first-order chi connectivity index (χ1) is 37.8. The molecule has 1 amide bonds. The van der Waals surface area contributed by atoms with Gasteiger partial charge in [0.2, 0.25) is 11.9 Å². The summed E-state index contributed by atoms with van der Waals surface area (Å²) < 4.78 is 27.7. The Hall–Kier alpha value is -5.99. The average Bonchev–Trinajstić information content (AvgIpc) is 4.53. The topological polar surface area (TPSA) is 402 Å². The molecule has 0 bridgehead atoms. The van der Waals surface area contributed by atoms with Crippen LogP contribution in [0.3, 0.4) is 0 Å². The van der Waals surface area contributed by atoms with Crippen LogP contribution < -0.4 is 32.5 Å². The van der Waals surface area contributed by atoms with Crippen molar-refractivity contribution in [3.63, 3.8) is 0 Å². The van der Waals surface area contributed by atoms with Crippen LogP contribution in [0.5, 0.6) is 0 Å². The third-order valence-electron chi connectivity index (χ3n) is 11.6. The van der Waals surface area contributed by atoms with Gasteiger partial charge in [-0.15, -0.1) is 23.2 Å². The zero-order valence-electron chi connectivity index (χ0n) is 42.4. The summed E-state index contributed by atoms with van der Waals surface area (Å²) in [5, 5.41) is 23.2. The molecule has 1 aromatic carbocycles. The maximum absolute atomic E-state index is 12.4. The molecule has 0 radical (unpaired) electrons. The SMILES string of the molecule is CN(Cc1cnc2nc(N)nc(N)c2n1)c1ccc(C(=O)N[C@@H](CCC(=O)O)C(=O)O)cc1.Nc1nc(=S)c2[nH]cnc2[nH]1.O=P1(N(CCCl)CCCl)NCCCO1.S=P(N1CC1)(N1CC1)N1CC1.S=c1[nH]cnc2nc[nH]c12. The number of fused-ring (bicyclic) bond motifs is 3. The first kappa shape index (κ1) is 60.6. The zero-order chi connectivity index (χ0) is 56.9. The first-order valence-corrected chi connectivity index (χ1v) is 30.4. The molecule has 79 heavy (non-hydrogen) atoms. The number of aromatic nitrogens is 12. The van der Waals surface area contributed by atoms with Crippen LogP contribution >= 0.6 is 61.8 Å². The van der Waals surface area contributed by atoms with Gasteiger partial charge in [0.25, 0.3) is 5.91 Å². The zero-order valence-corrected chi connectivity index (χ0v) is 48.1. The van der Waals surface area contributed by atoms with Crippen LogP contribution in [0.1, 0.15) is 35.3 Å². The first-order valence-electron chi connectivity index (χ1n) is 24.2. The molecule has 2 atom stereocenters. The third kappa shape index (κ3) is 16.8. The lowest BCUT2D eigenvalue weighted by atomic mass is 10.1. The Morgan fingerprint density at radius 2 is 1.48 bits per heavy atom. The monoisotopic (exact) mass is 1220 g/mol. The summed E-state index contributed by atoms with van der Waals surface area (Å²) >= 11 is 26.9. The molecule has 36 heteroatoms. The molecule has 4 aliphatic heterocycles. The fraction of sp³-hybridized carbons (Fsp3) is 0.419. The lowest BCUT2D eigenvalue weighted by molar-refractivity contribution is -0.140. The Bertz CT molecular complexity index is 3400. The molecule has 4 saturated heterocycles. The van der Waals surface area contributed by atoms with Gasteiger partial charge in [-0.1, -0.05) is 24.4 Å². The molecule has 0 aliphatic carbocycles. The van der Waals surface area contributed by atoms with Crippen LogP contribution in [0.25, 0.3) is 33.5 Å². The Labute approximate surface area is 476 Å². The fourth-order valence-corrected chi connectivity index (χ4v) is 14.9. The molecular formula is C43H58Cl2N22O7P2S3. The van der Waals surface area contributed by atoms with Gasteiger partial charge in [0.05, 0.1) is 44.0 Å². The van der Waals surface area contributed by atoms with Gasteiger partial charge < -0.3 is 62.1 Å². The van der Waals surface area contributed by atoms with Crippen LogP contribution in [0, 0.1) is 9.28 Å². The molecular weight excluding hydrogens is 1170 g/mol. The van der Waals surface area contributed by atoms with Crippen molar-refractivity contribution in [1.29, 1.82) is 0 Å². The molecule has 6 aromatic heterocycles. The summed E-state index contributed by atoms with van der Waals surface area (Å²) in [6.45, 7) is 8.93. The number of nitrogens with two attached hydrogens (primary N) is 3. The van der Waals surface area contributed by atoms with Crippen molar-refractivity contribution >= 4 is 148 Å². The van der Waals surface area contributed by atoms with E-state index in [1.165, 1.54) is 64.1 Å². The van der Waals surface area contributed by atoms with Gasteiger partial charge in [-0.3, -0.25) is 14.2 Å². The van der Waals surface area contributed by atoms with Crippen LogP contribution in [0.4, 0.5) is 23.4 Å².